The minimum atomic E-state index is 0.0667. The van der Waals surface area contributed by atoms with Gasteiger partial charge in [-0.15, -0.1) is 0 Å². The molecule has 1 aliphatic rings. The lowest BCUT2D eigenvalue weighted by Crippen LogP contribution is -2.48. The number of pyridine rings is 1. The molecule has 2 rings (SSSR count). The third-order valence-electron chi connectivity index (χ3n) is 3.32. The molecule has 0 radical (unpaired) electrons. The van der Waals surface area contributed by atoms with Crippen molar-refractivity contribution in [3.63, 3.8) is 0 Å². The van der Waals surface area contributed by atoms with Gasteiger partial charge in [0.15, 0.2) is 0 Å². The second kappa shape index (κ2) is 6.52. The Bertz CT molecular complexity index is 435. The van der Waals surface area contributed by atoms with Crippen LogP contribution in [0.1, 0.15) is 31.9 Å². The van der Waals surface area contributed by atoms with E-state index in [0.717, 1.165) is 30.9 Å². The lowest BCUT2D eigenvalue weighted by molar-refractivity contribution is -0.120. The number of nitrogens with one attached hydrogen (secondary N) is 2. The van der Waals surface area contributed by atoms with Gasteiger partial charge in [-0.1, -0.05) is 13.0 Å². The summed E-state index contributed by atoms with van der Waals surface area (Å²) in [6, 6.07) is 4.28. The third-order valence-corrected chi connectivity index (χ3v) is 3.32. The maximum atomic E-state index is 11.5. The average molecular weight is 262 g/mol. The van der Waals surface area contributed by atoms with Crippen LogP contribution in [0.15, 0.2) is 18.3 Å². The van der Waals surface area contributed by atoms with Crippen molar-refractivity contribution in [3.8, 4) is 0 Å². The van der Waals surface area contributed by atoms with Crippen molar-refractivity contribution in [3.05, 3.63) is 23.9 Å². The maximum Gasteiger partial charge on any atom is 0.239 e. The van der Waals surface area contributed by atoms with Gasteiger partial charge in [-0.25, -0.2) is 4.98 Å². The zero-order valence-corrected chi connectivity index (χ0v) is 11.6. The van der Waals surface area contributed by atoms with Crippen LogP contribution in [0.4, 0.5) is 5.82 Å². The van der Waals surface area contributed by atoms with Gasteiger partial charge in [0.2, 0.25) is 5.91 Å². The van der Waals surface area contributed by atoms with Crippen molar-refractivity contribution in [2.45, 2.75) is 26.3 Å². The molecule has 104 valence electrons. The lowest BCUT2D eigenvalue weighted by atomic mass is 10.1. The van der Waals surface area contributed by atoms with E-state index in [1.54, 1.807) is 6.20 Å². The quantitative estimate of drug-likeness (QED) is 0.833. The molecule has 2 heterocycles. The van der Waals surface area contributed by atoms with E-state index in [-0.39, 0.29) is 11.9 Å². The summed E-state index contributed by atoms with van der Waals surface area (Å²) >= 11 is 0. The van der Waals surface area contributed by atoms with Gasteiger partial charge in [0.1, 0.15) is 5.82 Å². The molecule has 5 nitrogen and oxygen atoms in total. The second-order valence-electron chi connectivity index (χ2n) is 4.86. The van der Waals surface area contributed by atoms with E-state index < -0.39 is 0 Å². The Hall–Kier alpha value is -1.62. The summed E-state index contributed by atoms with van der Waals surface area (Å²) < 4.78 is 0. The number of anilines is 1. The molecule has 5 heteroatoms. The van der Waals surface area contributed by atoms with Crippen molar-refractivity contribution >= 4 is 11.7 Å². The molecule has 1 aromatic heterocycles. The van der Waals surface area contributed by atoms with Crippen LogP contribution in [-0.4, -0.2) is 37.1 Å². The standard InChI is InChI=1S/C14H22N4O/c1-3-6-15-11(2)12-5-4-7-17-14(12)18-9-8-16-13(19)10-18/h4-5,7,11,15H,3,6,8-10H2,1-2H3,(H,16,19). The minimum Gasteiger partial charge on any atom is -0.353 e. The molecule has 1 saturated heterocycles. The highest BCUT2D eigenvalue weighted by Crippen LogP contribution is 2.24. The second-order valence-corrected chi connectivity index (χ2v) is 4.86. The van der Waals surface area contributed by atoms with Crippen LogP contribution < -0.4 is 15.5 Å². The van der Waals surface area contributed by atoms with Crippen LogP contribution in [0.2, 0.25) is 0 Å². The highest BCUT2D eigenvalue weighted by atomic mass is 16.2. The molecule has 0 spiro atoms. The zero-order valence-electron chi connectivity index (χ0n) is 11.6. The number of piperazine rings is 1. The molecule has 1 aromatic rings. The van der Waals surface area contributed by atoms with Crippen LogP contribution in [0, 0.1) is 0 Å². The van der Waals surface area contributed by atoms with E-state index in [9.17, 15) is 4.79 Å². The first-order valence-electron chi connectivity index (χ1n) is 6.92. The normalized spacial score (nSPS) is 17.2. The molecule has 0 bridgehead atoms. The van der Waals surface area contributed by atoms with E-state index in [2.05, 4.69) is 40.4 Å². The molecule has 0 saturated carbocycles. The fourth-order valence-corrected chi connectivity index (χ4v) is 2.30. The highest BCUT2D eigenvalue weighted by molar-refractivity contribution is 5.82. The van der Waals surface area contributed by atoms with Gasteiger partial charge in [-0.3, -0.25) is 4.79 Å². The van der Waals surface area contributed by atoms with Crippen LogP contribution in [0.3, 0.4) is 0 Å². The predicted octanol–water partition coefficient (Wildman–Crippen LogP) is 1.08. The highest BCUT2D eigenvalue weighted by Gasteiger charge is 2.21. The first kappa shape index (κ1) is 13.8. The summed E-state index contributed by atoms with van der Waals surface area (Å²) in [5.74, 6) is 0.991. The van der Waals surface area contributed by atoms with Crippen LogP contribution >= 0.6 is 0 Å². The summed E-state index contributed by atoms with van der Waals surface area (Å²) in [7, 11) is 0. The summed E-state index contributed by atoms with van der Waals surface area (Å²) in [6.07, 6.45) is 2.89. The monoisotopic (exact) mass is 262 g/mol. The van der Waals surface area contributed by atoms with E-state index in [4.69, 9.17) is 0 Å². The van der Waals surface area contributed by atoms with E-state index in [1.165, 1.54) is 0 Å². The van der Waals surface area contributed by atoms with Gasteiger partial charge in [-0.2, -0.15) is 0 Å². The Morgan fingerprint density at radius 2 is 2.42 bits per heavy atom. The first-order chi connectivity index (χ1) is 9.22. The summed E-state index contributed by atoms with van der Waals surface area (Å²) in [5.41, 5.74) is 1.16. The maximum absolute atomic E-state index is 11.5. The molecular weight excluding hydrogens is 240 g/mol. The van der Waals surface area contributed by atoms with Crippen molar-refractivity contribution in [1.29, 1.82) is 0 Å². The lowest BCUT2D eigenvalue weighted by Gasteiger charge is -2.30. The van der Waals surface area contributed by atoms with Crippen LogP contribution in [0.25, 0.3) is 0 Å². The molecule has 19 heavy (non-hydrogen) atoms. The molecule has 1 aliphatic heterocycles. The van der Waals surface area contributed by atoms with Gasteiger partial charge in [0.25, 0.3) is 0 Å². The topological polar surface area (TPSA) is 57.3 Å². The Morgan fingerprint density at radius 3 is 3.16 bits per heavy atom. The van der Waals surface area contributed by atoms with E-state index >= 15 is 0 Å². The number of aromatic nitrogens is 1. The summed E-state index contributed by atoms with van der Waals surface area (Å²) in [6.45, 7) is 7.17. The zero-order chi connectivity index (χ0) is 13.7. The third kappa shape index (κ3) is 3.44. The molecule has 1 unspecified atom stereocenters. The van der Waals surface area contributed by atoms with E-state index in [0.29, 0.717) is 13.1 Å². The van der Waals surface area contributed by atoms with Gasteiger partial charge in [0.05, 0.1) is 6.54 Å². The van der Waals surface area contributed by atoms with Crippen molar-refractivity contribution < 1.29 is 4.79 Å². The number of nitrogens with zero attached hydrogens (tertiary/aromatic N) is 2. The molecule has 1 amide bonds. The Balaban J connectivity index is 2.17. The van der Waals surface area contributed by atoms with Crippen molar-refractivity contribution in [2.75, 3.05) is 31.1 Å². The Morgan fingerprint density at radius 1 is 1.58 bits per heavy atom. The Labute approximate surface area is 114 Å². The van der Waals surface area contributed by atoms with Crippen LogP contribution in [-0.2, 0) is 4.79 Å². The van der Waals surface area contributed by atoms with Gasteiger partial charge < -0.3 is 15.5 Å². The number of carbonyl (C=O) groups excluding carboxylic acids is 1. The molecular formula is C14H22N4O. The number of amides is 1. The number of rotatable bonds is 5. The number of hydrogen-bond donors (Lipinski definition) is 2. The molecule has 0 aromatic carbocycles. The largest absolute Gasteiger partial charge is 0.353 e. The molecule has 0 aliphatic carbocycles. The van der Waals surface area contributed by atoms with Crippen molar-refractivity contribution in [2.24, 2.45) is 0 Å². The molecule has 1 fully saturated rings. The fraction of sp³-hybridized carbons (Fsp3) is 0.571. The average Bonchev–Trinajstić information content (AvgIpc) is 2.45. The predicted molar refractivity (Wildman–Crippen MR) is 76.2 cm³/mol. The minimum absolute atomic E-state index is 0.0667. The smallest absolute Gasteiger partial charge is 0.239 e. The van der Waals surface area contributed by atoms with Gasteiger partial charge >= 0.3 is 0 Å². The van der Waals surface area contributed by atoms with E-state index in [1.807, 2.05) is 6.07 Å². The van der Waals surface area contributed by atoms with Gasteiger partial charge in [0, 0.05) is 30.9 Å². The SMILES string of the molecule is CCCNC(C)c1cccnc1N1CCNC(=O)C1. The number of carbonyl (C=O) groups is 1. The van der Waals surface area contributed by atoms with Crippen LogP contribution in [0.5, 0.6) is 0 Å². The molecule has 1 atom stereocenters. The van der Waals surface area contributed by atoms with Crippen molar-refractivity contribution in [1.82, 2.24) is 15.6 Å². The molecule has 2 N–H and O–H groups in total. The number of hydrogen-bond acceptors (Lipinski definition) is 4. The first-order valence-corrected chi connectivity index (χ1v) is 6.92. The fourth-order valence-electron chi connectivity index (χ4n) is 2.30. The summed E-state index contributed by atoms with van der Waals surface area (Å²) in [4.78, 5) is 18.0. The van der Waals surface area contributed by atoms with Gasteiger partial charge in [-0.05, 0) is 26.0 Å². The summed E-state index contributed by atoms with van der Waals surface area (Å²) in [5, 5.41) is 6.31. The Kier molecular flexibility index (Phi) is 4.74.